The summed E-state index contributed by atoms with van der Waals surface area (Å²) in [6.45, 7) is 11.6. The molecule has 1 nitrogen and oxygen atoms in total. The molecule has 0 aliphatic heterocycles. The molecule has 0 bridgehead atoms. The summed E-state index contributed by atoms with van der Waals surface area (Å²) in [6.07, 6.45) is 3.92. The van der Waals surface area contributed by atoms with Gasteiger partial charge in [0.1, 0.15) is 0 Å². The van der Waals surface area contributed by atoms with Crippen molar-refractivity contribution in [3.63, 3.8) is 0 Å². The minimum Gasteiger partial charge on any atom is -0.327 e. The van der Waals surface area contributed by atoms with Gasteiger partial charge in [0.2, 0.25) is 0 Å². The molecule has 0 aromatic heterocycles. The van der Waals surface area contributed by atoms with Gasteiger partial charge in [0.05, 0.1) is 0 Å². The highest BCUT2D eigenvalue weighted by Gasteiger charge is 2.45. The third kappa shape index (κ3) is 2.46. The van der Waals surface area contributed by atoms with Gasteiger partial charge in [-0.15, -0.1) is 0 Å². The van der Waals surface area contributed by atoms with Gasteiger partial charge in [0.15, 0.2) is 0 Å². The predicted octanol–water partition coefficient (Wildman–Crippen LogP) is 3.19. The van der Waals surface area contributed by atoms with Crippen molar-refractivity contribution in [1.82, 2.24) is 0 Å². The molecule has 0 amide bonds. The van der Waals surface area contributed by atoms with Crippen LogP contribution < -0.4 is 5.73 Å². The second-order valence-electron chi connectivity index (χ2n) is 6.46. The molecule has 78 valence electrons. The van der Waals surface area contributed by atoms with E-state index in [1.165, 1.54) is 19.3 Å². The maximum Gasteiger partial charge on any atom is 0.00957 e. The summed E-state index contributed by atoms with van der Waals surface area (Å²) in [5.74, 6) is 0.863. The zero-order valence-corrected chi connectivity index (χ0v) is 9.85. The molecule has 0 aromatic carbocycles. The van der Waals surface area contributed by atoms with Gasteiger partial charge in [-0.25, -0.2) is 0 Å². The Kier molecular flexibility index (Phi) is 2.78. The van der Waals surface area contributed by atoms with Crippen LogP contribution in [0.4, 0.5) is 0 Å². The molecule has 0 spiro atoms. The number of rotatable bonds is 2. The van der Waals surface area contributed by atoms with E-state index < -0.39 is 0 Å². The van der Waals surface area contributed by atoms with Crippen molar-refractivity contribution in [3.05, 3.63) is 0 Å². The number of hydrogen-bond acceptors (Lipinski definition) is 1. The summed E-state index contributed by atoms with van der Waals surface area (Å²) in [6, 6.07) is 0.442. The standard InChI is InChI=1S/C12H25N/c1-11(2,3)7-6-9-8-10(13)12(9,4)5/h9-10H,6-8,13H2,1-5H3. The molecule has 0 radical (unpaired) electrons. The second-order valence-corrected chi connectivity index (χ2v) is 6.46. The van der Waals surface area contributed by atoms with Crippen molar-refractivity contribution in [3.8, 4) is 0 Å². The fraction of sp³-hybridized carbons (Fsp3) is 1.00. The Morgan fingerprint density at radius 1 is 1.31 bits per heavy atom. The summed E-state index contributed by atoms with van der Waals surface area (Å²) in [4.78, 5) is 0. The van der Waals surface area contributed by atoms with E-state index in [1.54, 1.807) is 0 Å². The molecular formula is C12H25N. The first-order valence-corrected chi connectivity index (χ1v) is 5.49. The monoisotopic (exact) mass is 183 g/mol. The average molecular weight is 183 g/mol. The zero-order chi connectivity index (χ0) is 10.3. The van der Waals surface area contributed by atoms with Gasteiger partial charge >= 0.3 is 0 Å². The van der Waals surface area contributed by atoms with Crippen LogP contribution in [0.15, 0.2) is 0 Å². The van der Waals surface area contributed by atoms with Gasteiger partial charge in [0, 0.05) is 6.04 Å². The van der Waals surface area contributed by atoms with Gasteiger partial charge in [-0.1, -0.05) is 34.6 Å². The topological polar surface area (TPSA) is 26.0 Å². The van der Waals surface area contributed by atoms with Crippen molar-refractivity contribution in [2.45, 2.75) is 59.9 Å². The number of hydrogen-bond donors (Lipinski definition) is 1. The highest BCUT2D eigenvalue weighted by atomic mass is 14.8. The van der Waals surface area contributed by atoms with E-state index in [2.05, 4.69) is 34.6 Å². The van der Waals surface area contributed by atoms with Gasteiger partial charge in [-0.2, -0.15) is 0 Å². The lowest BCUT2D eigenvalue weighted by molar-refractivity contribution is 0.0234. The van der Waals surface area contributed by atoms with Crippen molar-refractivity contribution in [1.29, 1.82) is 0 Å². The first-order valence-electron chi connectivity index (χ1n) is 5.49. The summed E-state index contributed by atoms with van der Waals surface area (Å²) < 4.78 is 0. The van der Waals surface area contributed by atoms with E-state index in [4.69, 9.17) is 5.73 Å². The first-order chi connectivity index (χ1) is 5.73. The lowest BCUT2D eigenvalue weighted by Gasteiger charge is -2.51. The van der Waals surface area contributed by atoms with Crippen LogP contribution in [-0.4, -0.2) is 6.04 Å². The Hall–Kier alpha value is -0.0400. The molecule has 1 aliphatic rings. The lowest BCUT2D eigenvalue weighted by atomic mass is 9.57. The van der Waals surface area contributed by atoms with Crippen LogP contribution in [0.2, 0.25) is 0 Å². The molecule has 1 rings (SSSR count). The molecular weight excluding hydrogens is 158 g/mol. The fourth-order valence-electron chi connectivity index (χ4n) is 2.15. The normalized spacial score (nSPS) is 32.8. The van der Waals surface area contributed by atoms with Crippen LogP contribution in [0.25, 0.3) is 0 Å². The highest BCUT2D eigenvalue weighted by molar-refractivity contribution is 4.99. The molecule has 2 unspecified atom stereocenters. The quantitative estimate of drug-likeness (QED) is 0.699. The Labute approximate surface area is 83.1 Å². The molecule has 1 saturated carbocycles. The zero-order valence-electron chi connectivity index (χ0n) is 9.85. The third-order valence-corrected chi connectivity index (χ3v) is 3.79. The maximum absolute atomic E-state index is 5.99. The van der Waals surface area contributed by atoms with Crippen molar-refractivity contribution in [2.24, 2.45) is 22.5 Å². The Balaban J connectivity index is 2.33. The SMILES string of the molecule is CC(C)(C)CCC1CC(N)C1(C)C. The van der Waals surface area contributed by atoms with Gasteiger partial charge < -0.3 is 5.73 Å². The summed E-state index contributed by atoms with van der Waals surface area (Å²) >= 11 is 0. The Morgan fingerprint density at radius 3 is 2.15 bits per heavy atom. The van der Waals surface area contributed by atoms with E-state index in [-0.39, 0.29) is 0 Å². The smallest absolute Gasteiger partial charge is 0.00957 e. The molecule has 0 heterocycles. The van der Waals surface area contributed by atoms with Crippen molar-refractivity contribution in [2.75, 3.05) is 0 Å². The molecule has 1 heteroatoms. The Bertz CT molecular complexity index is 176. The van der Waals surface area contributed by atoms with E-state index in [1.807, 2.05) is 0 Å². The molecule has 13 heavy (non-hydrogen) atoms. The van der Waals surface area contributed by atoms with E-state index in [9.17, 15) is 0 Å². The molecule has 2 atom stereocenters. The largest absolute Gasteiger partial charge is 0.327 e. The van der Waals surface area contributed by atoms with E-state index >= 15 is 0 Å². The number of nitrogens with two attached hydrogens (primary N) is 1. The lowest BCUT2D eigenvalue weighted by Crippen LogP contribution is -2.54. The maximum atomic E-state index is 5.99. The van der Waals surface area contributed by atoms with Crippen LogP contribution in [0.3, 0.4) is 0 Å². The molecule has 0 aromatic rings. The minimum atomic E-state index is 0.394. The third-order valence-electron chi connectivity index (χ3n) is 3.79. The fourth-order valence-corrected chi connectivity index (χ4v) is 2.15. The van der Waals surface area contributed by atoms with Crippen LogP contribution in [0, 0.1) is 16.7 Å². The van der Waals surface area contributed by atoms with Crippen LogP contribution in [0.1, 0.15) is 53.9 Å². The van der Waals surface area contributed by atoms with Crippen molar-refractivity contribution < 1.29 is 0 Å². The average Bonchev–Trinajstić information content (AvgIpc) is 1.95. The molecule has 0 saturated heterocycles. The predicted molar refractivity (Wildman–Crippen MR) is 58.6 cm³/mol. The van der Waals surface area contributed by atoms with E-state index in [0.29, 0.717) is 16.9 Å². The second kappa shape index (κ2) is 3.27. The molecule has 1 fully saturated rings. The van der Waals surface area contributed by atoms with Gasteiger partial charge in [-0.3, -0.25) is 0 Å². The van der Waals surface area contributed by atoms with Crippen LogP contribution in [0.5, 0.6) is 0 Å². The van der Waals surface area contributed by atoms with Crippen LogP contribution >= 0.6 is 0 Å². The molecule has 1 aliphatic carbocycles. The van der Waals surface area contributed by atoms with Crippen molar-refractivity contribution >= 4 is 0 Å². The summed E-state index contributed by atoms with van der Waals surface area (Å²) in [5, 5.41) is 0. The minimum absolute atomic E-state index is 0.394. The molecule has 2 N–H and O–H groups in total. The highest BCUT2D eigenvalue weighted by Crippen LogP contribution is 2.48. The Morgan fingerprint density at radius 2 is 1.85 bits per heavy atom. The summed E-state index contributed by atoms with van der Waals surface area (Å²) in [5.41, 5.74) is 6.86. The van der Waals surface area contributed by atoms with Gasteiger partial charge in [-0.05, 0) is 36.0 Å². The first kappa shape index (κ1) is 11.0. The van der Waals surface area contributed by atoms with Gasteiger partial charge in [0.25, 0.3) is 0 Å². The van der Waals surface area contributed by atoms with Crippen LogP contribution in [-0.2, 0) is 0 Å². The van der Waals surface area contributed by atoms with E-state index in [0.717, 1.165) is 5.92 Å². The summed E-state index contributed by atoms with van der Waals surface area (Å²) in [7, 11) is 0.